The van der Waals surface area contributed by atoms with Crippen LogP contribution >= 0.6 is 0 Å². The Morgan fingerprint density at radius 1 is 0.709 bits per heavy atom. The molecule has 1 unspecified atom stereocenters. The number of rotatable bonds is 10. The van der Waals surface area contributed by atoms with Crippen LogP contribution in [-0.2, 0) is 42.9 Å². The largest absolute Gasteiger partial charge is 0.462 e. The van der Waals surface area contributed by atoms with Crippen molar-refractivity contribution in [2.75, 3.05) is 6.61 Å². The van der Waals surface area contributed by atoms with Crippen LogP contribution in [0.15, 0.2) is 54.7 Å². The number of aromatic nitrogens is 1. The maximum absolute atomic E-state index is 13.8. The quantitative estimate of drug-likeness (QED) is 0.0939. The van der Waals surface area contributed by atoms with Crippen molar-refractivity contribution in [1.29, 1.82) is 0 Å². The third kappa shape index (κ3) is 10.3. The highest BCUT2D eigenvalue weighted by molar-refractivity contribution is 5.84. The molecule has 0 aliphatic carbocycles. The molecule has 1 aliphatic heterocycles. The number of ether oxygens (including phenoxy) is 5. The number of hydrogen-bond acceptors (Lipinski definition) is 12. The molecule has 2 aromatic carbocycles. The summed E-state index contributed by atoms with van der Waals surface area (Å²) in [6.07, 6.45) is -5.42. The van der Waals surface area contributed by atoms with Crippen LogP contribution in [0.2, 0.25) is 0 Å². The normalized spacial score (nSPS) is 21.3. The van der Waals surface area contributed by atoms with Gasteiger partial charge >= 0.3 is 23.9 Å². The van der Waals surface area contributed by atoms with Gasteiger partial charge in [0.1, 0.15) is 12.7 Å². The third-order valence-electron chi connectivity index (χ3n) is 8.90. The fourth-order valence-corrected chi connectivity index (χ4v) is 5.61. The van der Waals surface area contributed by atoms with Crippen molar-refractivity contribution in [2.24, 2.45) is 21.7 Å². The molecule has 0 spiro atoms. The molecular formula is C41H55N3O11. The third-order valence-corrected chi connectivity index (χ3v) is 8.90. The summed E-state index contributed by atoms with van der Waals surface area (Å²) in [5, 5.41) is 16.6. The first kappa shape index (κ1) is 42.9. The highest BCUT2D eigenvalue weighted by Gasteiger charge is 2.55. The van der Waals surface area contributed by atoms with Crippen molar-refractivity contribution < 1.29 is 47.8 Å². The SMILES string of the molecule is CC(C)(C)C(=O)OC[C@H]1O[C@@H](NC(c2ccccc2[N+](=O)[O-])c2c[nH]c3ccccc23)[C@H](OC(=O)C(C)(C)C)[C@@H](OC(=O)C(C)(C)C)[C@H]1OC(=O)C(C)(C)C. The Kier molecular flexibility index (Phi) is 12.6. The van der Waals surface area contributed by atoms with Gasteiger partial charge in [-0.3, -0.25) is 34.6 Å². The maximum Gasteiger partial charge on any atom is 0.311 e. The van der Waals surface area contributed by atoms with Crippen LogP contribution in [0, 0.1) is 31.8 Å². The highest BCUT2D eigenvalue weighted by atomic mass is 16.7. The monoisotopic (exact) mass is 765 g/mol. The fraction of sp³-hybridized carbons (Fsp3) is 0.561. The van der Waals surface area contributed by atoms with Crippen molar-refractivity contribution in [2.45, 2.75) is 120 Å². The number of H-pyrrole nitrogens is 1. The summed E-state index contributed by atoms with van der Waals surface area (Å²) in [4.78, 5) is 69.4. The van der Waals surface area contributed by atoms with Crippen LogP contribution in [-0.4, -0.2) is 71.0 Å². The van der Waals surface area contributed by atoms with Gasteiger partial charge in [0.25, 0.3) is 5.69 Å². The van der Waals surface area contributed by atoms with Crippen LogP contribution < -0.4 is 5.32 Å². The molecule has 2 heterocycles. The zero-order valence-electron chi connectivity index (χ0n) is 33.8. The first-order valence-electron chi connectivity index (χ1n) is 18.3. The number of aromatic amines is 1. The lowest BCUT2D eigenvalue weighted by Crippen LogP contribution is -2.67. The number of nitro benzene ring substituents is 1. The molecule has 4 rings (SSSR count). The molecule has 2 N–H and O–H groups in total. The topological polar surface area (TPSA) is 185 Å². The van der Waals surface area contributed by atoms with E-state index < -0.39 is 93.8 Å². The Balaban J connectivity index is 1.98. The molecule has 1 saturated heterocycles. The van der Waals surface area contributed by atoms with Crippen LogP contribution in [0.25, 0.3) is 10.9 Å². The number of benzene rings is 2. The number of hydrogen-bond donors (Lipinski definition) is 2. The maximum atomic E-state index is 13.8. The standard InChI is InChI=1S/C41H55N3O11/c1-38(2,3)34(45)51-22-28-30(53-35(46)39(4,5)6)31(54-36(47)40(7,8)9)32(55-37(48)41(10,11)12)33(52-28)43-29(24-18-14-16-20-27(24)44(49)50)25-21-42-26-19-15-13-17-23(25)26/h13-21,28-33,42-43H,22H2,1-12H3/t28-,29?,30+,31+,32-,33-/m1/s1. The number of carbonyl (C=O) groups excluding carboxylic acids is 4. The Hall–Kier alpha value is -4.82. The van der Waals surface area contributed by atoms with E-state index in [1.165, 1.54) is 6.07 Å². The molecule has 3 aromatic rings. The zero-order chi connectivity index (χ0) is 41.3. The molecule has 0 bridgehead atoms. The number of nitrogens with one attached hydrogen (secondary N) is 2. The fourth-order valence-electron chi connectivity index (χ4n) is 5.61. The average Bonchev–Trinajstić information content (AvgIpc) is 3.50. The molecule has 1 aromatic heterocycles. The summed E-state index contributed by atoms with van der Waals surface area (Å²) in [5.74, 6) is -2.67. The van der Waals surface area contributed by atoms with Crippen molar-refractivity contribution in [3.05, 3.63) is 76.0 Å². The highest BCUT2D eigenvalue weighted by Crippen LogP contribution is 2.38. The predicted molar refractivity (Wildman–Crippen MR) is 203 cm³/mol. The summed E-state index contributed by atoms with van der Waals surface area (Å²) in [5.41, 5.74) is -2.69. The first-order chi connectivity index (χ1) is 25.3. The van der Waals surface area contributed by atoms with E-state index in [1.54, 1.807) is 107 Å². The summed E-state index contributed by atoms with van der Waals surface area (Å²) in [6.45, 7) is 19.3. The zero-order valence-corrected chi connectivity index (χ0v) is 33.8. The molecule has 1 aliphatic rings. The first-order valence-corrected chi connectivity index (χ1v) is 18.3. The second-order valence-electron chi connectivity index (χ2n) is 18.0. The van der Waals surface area contributed by atoms with E-state index in [1.807, 2.05) is 24.3 Å². The molecule has 0 radical (unpaired) electrons. The number of fused-ring (bicyclic) bond motifs is 1. The van der Waals surface area contributed by atoms with Crippen LogP contribution in [0.4, 0.5) is 5.69 Å². The molecule has 14 heteroatoms. The summed E-state index contributed by atoms with van der Waals surface area (Å²) in [6, 6.07) is 12.6. The van der Waals surface area contributed by atoms with E-state index in [9.17, 15) is 29.3 Å². The lowest BCUT2D eigenvalue weighted by molar-refractivity contribution is -0.385. The Labute approximate surface area is 322 Å². The second-order valence-corrected chi connectivity index (χ2v) is 18.0. The van der Waals surface area contributed by atoms with Crippen LogP contribution in [0.3, 0.4) is 0 Å². The van der Waals surface area contributed by atoms with Gasteiger partial charge in [0, 0.05) is 23.2 Å². The minimum atomic E-state index is -1.51. The molecule has 55 heavy (non-hydrogen) atoms. The lowest BCUT2D eigenvalue weighted by Gasteiger charge is -2.47. The van der Waals surface area contributed by atoms with Crippen molar-refractivity contribution in [3.63, 3.8) is 0 Å². The molecule has 1 fully saturated rings. The van der Waals surface area contributed by atoms with Gasteiger partial charge in [0.15, 0.2) is 24.5 Å². The molecule has 300 valence electrons. The average molecular weight is 766 g/mol. The van der Waals surface area contributed by atoms with Crippen LogP contribution in [0.1, 0.15) is 100 Å². The van der Waals surface area contributed by atoms with Gasteiger partial charge in [-0.1, -0.05) is 36.4 Å². The van der Waals surface area contributed by atoms with Gasteiger partial charge in [0.2, 0.25) is 0 Å². The second kappa shape index (κ2) is 16.1. The lowest BCUT2D eigenvalue weighted by atomic mass is 9.91. The molecule has 0 saturated carbocycles. The molecular weight excluding hydrogens is 710 g/mol. The summed E-state index contributed by atoms with van der Waals surface area (Å²) >= 11 is 0. The number of carbonyl (C=O) groups is 4. The van der Waals surface area contributed by atoms with Gasteiger partial charge in [0.05, 0.1) is 38.2 Å². The Morgan fingerprint density at radius 2 is 1.20 bits per heavy atom. The molecule has 6 atom stereocenters. The molecule has 14 nitrogen and oxygen atoms in total. The molecule has 0 amide bonds. The Bertz CT molecular complexity index is 1890. The van der Waals surface area contributed by atoms with E-state index in [-0.39, 0.29) is 11.3 Å². The van der Waals surface area contributed by atoms with E-state index in [0.717, 1.165) is 10.9 Å². The summed E-state index contributed by atoms with van der Waals surface area (Å²) in [7, 11) is 0. The predicted octanol–water partition coefficient (Wildman–Crippen LogP) is 6.94. The smallest absolute Gasteiger partial charge is 0.311 e. The van der Waals surface area contributed by atoms with Crippen molar-refractivity contribution in [3.8, 4) is 0 Å². The number of nitrogens with zero attached hydrogens (tertiary/aromatic N) is 1. The Morgan fingerprint density at radius 3 is 1.75 bits per heavy atom. The van der Waals surface area contributed by atoms with Gasteiger partial charge < -0.3 is 28.7 Å². The number of nitro groups is 1. The van der Waals surface area contributed by atoms with Crippen LogP contribution in [0.5, 0.6) is 0 Å². The van der Waals surface area contributed by atoms with E-state index >= 15 is 0 Å². The van der Waals surface area contributed by atoms with Gasteiger partial charge in [-0.15, -0.1) is 0 Å². The number of esters is 4. The van der Waals surface area contributed by atoms with Gasteiger partial charge in [-0.05, 0) is 94.7 Å². The van der Waals surface area contributed by atoms with Crippen molar-refractivity contribution >= 4 is 40.5 Å². The minimum Gasteiger partial charge on any atom is -0.462 e. The van der Waals surface area contributed by atoms with Gasteiger partial charge in [-0.25, -0.2) is 0 Å². The van der Waals surface area contributed by atoms with E-state index in [4.69, 9.17) is 23.7 Å². The van der Waals surface area contributed by atoms with E-state index in [0.29, 0.717) is 5.56 Å². The number of para-hydroxylation sites is 2. The minimum absolute atomic E-state index is 0.201. The summed E-state index contributed by atoms with van der Waals surface area (Å²) < 4.78 is 30.8. The van der Waals surface area contributed by atoms with Gasteiger partial charge in [-0.2, -0.15) is 0 Å². The van der Waals surface area contributed by atoms with E-state index in [2.05, 4.69) is 10.3 Å². The van der Waals surface area contributed by atoms with Crippen molar-refractivity contribution in [1.82, 2.24) is 10.3 Å².